The van der Waals surface area contributed by atoms with E-state index in [1.807, 2.05) is 19.1 Å². The highest BCUT2D eigenvalue weighted by Gasteiger charge is 2.33. The van der Waals surface area contributed by atoms with Gasteiger partial charge in [-0.1, -0.05) is 37.0 Å². The van der Waals surface area contributed by atoms with Crippen molar-refractivity contribution in [2.75, 3.05) is 24.5 Å². The van der Waals surface area contributed by atoms with Crippen molar-refractivity contribution >= 4 is 57.7 Å². The number of carbonyl (C=O) groups is 2. The van der Waals surface area contributed by atoms with E-state index in [9.17, 15) is 14.4 Å². The minimum absolute atomic E-state index is 0.0388. The Morgan fingerprint density at radius 3 is 2.73 bits per heavy atom. The first kappa shape index (κ1) is 23.4. The molecule has 0 saturated carbocycles. The number of rotatable bonds is 6. The van der Waals surface area contributed by atoms with Crippen LogP contribution >= 0.6 is 24.0 Å². The van der Waals surface area contributed by atoms with Gasteiger partial charge in [0, 0.05) is 32.3 Å². The lowest BCUT2D eigenvalue weighted by molar-refractivity contribution is -0.137. The van der Waals surface area contributed by atoms with E-state index in [4.69, 9.17) is 22.3 Å². The summed E-state index contributed by atoms with van der Waals surface area (Å²) >= 11 is 6.49. The third-order valence-corrected chi connectivity index (χ3v) is 7.37. The van der Waals surface area contributed by atoms with Crippen LogP contribution in [0.1, 0.15) is 43.7 Å². The van der Waals surface area contributed by atoms with Crippen LogP contribution in [-0.4, -0.2) is 55.2 Å². The Hall–Kier alpha value is -2.72. The Morgan fingerprint density at radius 2 is 2.03 bits per heavy atom. The molecule has 0 bridgehead atoms. The molecule has 2 aliphatic heterocycles. The number of hydrogen-bond acceptors (Lipinski definition) is 7. The average Bonchev–Trinajstić information content (AvgIpc) is 3.04. The van der Waals surface area contributed by atoms with Crippen molar-refractivity contribution in [3.63, 3.8) is 0 Å². The molecule has 2 saturated heterocycles. The number of pyridine rings is 1. The second-order valence-corrected chi connectivity index (χ2v) is 10.3. The number of thioether (sulfide) groups is 1. The van der Waals surface area contributed by atoms with Crippen molar-refractivity contribution in [1.82, 2.24) is 14.3 Å². The maximum absolute atomic E-state index is 13.5. The lowest BCUT2D eigenvalue weighted by Gasteiger charge is -2.32. The minimum Gasteiger partial charge on any atom is -0.481 e. The molecule has 10 heteroatoms. The second-order valence-electron chi connectivity index (χ2n) is 8.59. The summed E-state index contributed by atoms with van der Waals surface area (Å²) in [5, 5.41) is 8.87. The number of aryl methyl sites for hydroxylation is 1. The molecule has 0 atom stereocenters. The zero-order valence-electron chi connectivity index (χ0n) is 18.6. The quantitative estimate of drug-likeness (QED) is 0.491. The maximum atomic E-state index is 13.5. The van der Waals surface area contributed by atoms with Crippen molar-refractivity contribution in [1.29, 1.82) is 0 Å². The van der Waals surface area contributed by atoms with Crippen molar-refractivity contribution in [2.45, 2.75) is 39.5 Å². The first-order chi connectivity index (χ1) is 15.7. The van der Waals surface area contributed by atoms with Crippen LogP contribution in [0.25, 0.3) is 11.7 Å². The van der Waals surface area contributed by atoms with Gasteiger partial charge in [0.15, 0.2) is 0 Å². The SMILES string of the molecule is Cc1ccc2nc(N3CCC(C)CC3)c(/C=C3/SC(=S)N(CCCC(=O)O)C3=O)c(=O)n2c1. The molecule has 8 nitrogen and oxygen atoms in total. The number of aliphatic carboxylic acids is 1. The van der Waals surface area contributed by atoms with Gasteiger partial charge in [0.1, 0.15) is 15.8 Å². The van der Waals surface area contributed by atoms with E-state index < -0.39 is 5.97 Å². The van der Waals surface area contributed by atoms with Crippen molar-refractivity contribution < 1.29 is 14.7 Å². The molecule has 0 radical (unpaired) electrons. The van der Waals surface area contributed by atoms with Crippen molar-refractivity contribution in [3.8, 4) is 0 Å². The van der Waals surface area contributed by atoms with Crippen LogP contribution in [0.4, 0.5) is 5.82 Å². The van der Waals surface area contributed by atoms with Gasteiger partial charge in [-0.05, 0) is 49.8 Å². The van der Waals surface area contributed by atoms with Crippen LogP contribution in [0.5, 0.6) is 0 Å². The number of nitrogens with zero attached hydrogens (tertiary/aromatic N) is 4. The Kier molecular flexibility index (Phi) is 6.85. The maximum Gasteiger partial charge on any atom is 0.303 e. The van der Waals surface area contributed by atoms with E-state index in [2.05, 4.69) is 11.8 Å². The molecule has 0 aromatic carbocycles. The first-order valence-corrected chi connectivity index (χ1v) is 12.2. The highest BCUT2D eigenvalue weighted by molar-refractivity contribution is 8.26. The molecular weight excluding hydrogens is 460 g/mol. The van der Waals surface area contributed by atoms with Gasteiger partial charge in [0.05, 0.1) is 10.5 Å². The van der Waals surface area contributed by atoms with Gasteiger partial charge in [-0.25, -0.2) is 4.98 Å². The summed E-state index contributed by atoms with van der Waals surface area (Å²) < 4.78 is 1.89. The summed E-state index contributed by atoms with van der Waals surface area (Å²) in [6.07, 6.45) is 5.66. The molecule has 2 aromatic rings. The summed E-state index contributed by atoms with van der Waals surface area (Å²) in [4.78, 5) is 46.1. The molecule has 0 aliphatic carbocycles. The normalized spacial score (nSPS) is 18.7. The zero-order valence-corrected chi connectivity index (χ0v) is 20.2. The molecular formula is C23H26N4O4S2. The number of carboxylic acid groups (broad SMARTS) is 1. The van der Waals surface area contributed by atoms with Crippen LogP contribution in [0.3, 0.4) is 0 Å². The minimum atomic E-state index is -0.915. The Balaban J connectivity index is 1.75. The number of aromatic nitrogens is 2. The Labute approximate surface area is 201 Å². The molecule has 1 amide bonds. The molecule has 174 valence electrons. The fourth-order valence-corrected chi connectivity index (χ4v) is 5.34. The fraction of sp³-hybridized carbons (Fsp3) is 0.435. The summed E-state index contributed by atoms with van der Waals surface area (Å²) in [5.41, 5.74) is 1.64. The van der Waals surface area contributed by atoms with E-state index in [1.165, 1.54) is 9.30 Å². The number of hydrogen-bond donors (Lipinski definition) is 1. The third-order valence-electron chi connectivity index (χ3n) is 5.99. The predicted molar refractivity (Wildman–Crippen MR) is 134 cm³/mol. The lowest BCUT2D eigenvalue weighted by atomic mass is 9.99. The van der Waals surface area contributed by atoms with E-state index in [-0.39, 0.29) is 24.4 Å². The molecule has 0 unspecified atom stereocenters. The van der Waals surface area contributed by atoms with Crippen LogP contribution < -0.4 is 10.5 Å². The number of carbonyl (C=O) groups excluding carboxylic acids is 1. The molecule has 2 aliphatic rings. The van der Waals surface area contributed by atoms with Crippen LogP contribution in [-0.2, 0) is 9.59 Å². The van der Waals surface area contributed by atoms with Crippen molar-refractivity contribution in [3.05, 3.63) is 44.7 Å². The Bertz CT molecular complexity index is 1210. The van der Waals surface area contributed by atoms with Gasteiger partial charge in [0.25, 0.3) is 11.5 Å². The molecule has 0 spiro atoms. The molecule has 4 rings (SSSR count). The molecule has 33 heavy (non-hydrogen) atoms. The fourth-order valence-electron chi connectivity index (χ4n) is 4.05. The lowest BCUT2D eigenvalue weighted by Crippen LogP contribution is -2.36. The van der Waals surface area contributed by atoms with E-state index in [0.717, 1.165) is 43.3 Å². The van der Waals surface area contributed by atoms with Gasteiger partial charge in [-0.15, -0.1) is 0 Å². The number of anilines is 1. The topological polar surface area (TPSA) is 95.2 Å². The molecule has 2 fully saturated rings. The number of thiocarbonyl (C=S) groups is 1. The van der Waals surface area contributed by atoms with Crippen molar-refractivity contribution in [2.24, 2.45) is 5.92 Å². The predicted octanol–water partition coefficient (Wildman–Crippen LogP) is 3.31. The number of fused-ring (bicyclic) bond motifs is 1. The summed E-state index contributed by atoms with van der Waals surface area (Å²) in [6, 6.07) is 3.75. The Morgan fingerprint density at radius 1 is 1.30 bits per heavy atom. The monoisotopic (exact) mass is 486 g/mol. The van der Waals surface area contributed by atoms with Gasteiger partial charge in [-0.2, -0.15) is 0 Å². The highest BCUT2D eigenvalue weighted by Crippen LogP contribution is 2.34. The van der Waals surface area contributed by atoms with E-state index in [0.29, 0.717) is 38.6 Å². The number of carboxylic acids is 1. The first-order valence-electron chi connectivity index (χ1n) is 11.0. The second kappa shape index (κ2) is 9.64. The van der Waals surface area contributed by atoms with Gasteiger partial charge in [0.2, 0.25) is 0 Å². The number of amides is 1. The van der Waals surface area contributed by atoms with E-state index in [1.54, 1.807) is 12.3 Å². The summed E-state index contributed by atoms with van der Waals surface area (Å²) in [6.45, 7) is 5.96. The summed E-state index contributed by atoms with van der Waals surface area (Å²) in [5.74, 6) is -0.00720. The molecule has 1 N–H and O–H groups in total. The van der Waals surface area contributed by atoms with Gasteiger partial charge >= 0.3 is 5.97 Å². The van der Waals surface area contributed by atoms with Gasteiger partial charge in [-0.3, -0.25) is 23.7 Å². The van der Waals surface area contributed by atoms with Crippen LogP contribution in [0.2, 0.25) is 0 Å². The summed E-state index contributed by atoms with van der Waals surface area (Å²) in [7, 11) is 0. The van der Waals surface area contributed by atoms with Crippen LogP contribution in [0.15, 0.2) is 28.0 Å². The van der Waals surface area contributed by atoms with Gasteiger partial charge < -0.3 is 10.0 Å². The average molecular weight is 487 g/mol. The smallest absolute Gasteiger partial charge is 0.303 e. The zero-order chi connectivity index (χ0) is 23.7. The third kappa shape index (κ3) is 4.96. The van der Waals surface area contributed by atoms with Crippen LogP contribution in [0, 0.1) is 12.8 Å². The molecule has 4 heterocycles. The standard InChI is InChI=1S/C23H26N4O4S2/c1-14-7-10-25(11-8-14)20-16(21(30)27-13-15(2)5-6-18(27)24-20)12-17-22(31)26(23(32)33-17)9-3-4-19(28)29/h5-6,12-14H,3-4,7-11H2,1-2H3,(H,28,29)/b17-12+. The molecule has 2 aromatic heterocycles. The van der Waals surface area contributed by atoms with E-state index >= 15 is 0 Å². The number of piperidine rings is 1. The highest BCUT2D eigenvalue weighted by atomic mass is 32.2. The largest absolute Gasteiger partial charge is 0.481 e.